The number of hydrogen-bond donors (Lipinski definition) is 2. The zero-order valence-electron chi connectivity index (χ0n) is 8.01. The number of aliphatic hydroxyl groups is 2. The molecule has 1 aromatic rings. The molecular weight excluding hydrogens is 262 g/mol. The quantitative estimate of drug-likeness (QED) is 0.622. The number of carbonyl (C=O) groups is 1. The third-order valence-corrected chi connectivity index (χ3v) is 2.49. The number of nitrogens with zero attached hydrogens (tertiary/aromatic N) is 1. The van der Waals surface area contributed by atoms with Crippen molar-refractivity contribution in [3.05, 3.63) is 29.6 Å². The van der Waals surface area contributed by atoms with E-state index in [4.69, 9.17) is 0 Å². The monoisotopic (exact) mass is 273 g/mol. The molecule has 0 saturated heterocycles. The zero-order chi connectivity index (χ0) is 11.3. The van der Waals surface area contributed by atoms with Gasteiger partial charge >= 0.3 is 0 Å². The fourth-order valence-corrected chi connectivity index (χ4v) is 1.66. The third-order valence-electron chi connectivity index (χ3n) is 2.03. The predicted molar refractivity (Wildman–Crippen MR) is 59.0 cm³/mol. The molecular formula is C10H12BrNO3. The molecule has 15 heavy (non-hydrogen) atoms. The van der Waals surface area contributed by atoms with Gasteiger partial charge in [-0.15, -0.1) is 0 Å². The number of alkyl halides is 1. The number of aliphatic hydroxyl groups excluding tert-OH is 2. The highest BCUT2D eigenvalue weighted by atomic mass is 79.9. The first-order chi connectivity index (χ1) is 7.19. The number of halogens is 1. The van der Waals surface area contributed by atoms with E-state index in [1.54, 1.807) is 0 Å². The Morgan fingerprint density at radius 3 is 2.80 bits per heavy atom. The molecule has 0 aliphatic rings. The molecule has 0 aromatic carbocycles. The smallest absolute Gasteiger partial charge is 0.151 e. The number of rotatable bonds is 5. The van der Waals surface area contributed by atoms with Gasteiger partial charge in [-0.25, -0.2) is 0 Å². The molecule has 0 aliphatic carbocycles. The lowest BCUT2D eigenvalue weighted by atomic mass is 10.0. The number of aromatic nitrogens is 1. The SMILES string of the molecule is O=Cc1cncc(C(O)C(O)CCBr)c1. The van der Waals surface area contributed by atoms with Gasteiger partial charge in [-0.2, -0.15) is 0 Å². The summed E-state index contributed by atoms with van der Waals surface area (Å²) in [6.45, 7) is 0. The highest BCUT2D eigenvalue weighted by Gasteiger charge is 2.18. The lowest BCUT2D eigenvalue weighted by Crippen LogP contribution is -2.18. The number of hydrogen-bond acceptors (Lipinski definition) is 4. The zero-order valence-corrected chi connectivity index (χ0v) is 9.59. The maximum absolute atomic E-state index is 10.5. The van der Waals surface area contributed by atoms with Gasteiger partial charge in [0.05, 0.1) is 6.10 Å². The van der Waals surface area contributed by atoms with Gasteiger partial charge in [0.15, 0.2) is 6.29 Å². The van der Waals surface area contributed by atoms with Crippen molar-refractivity contribution in [2.45, 2.75) is 18.6 Å². The van der Waals surface area contributed by atoms with Gasteiger partial charge in [-0.3, -0.25) is 9.78 Å². The topological polar surface area (TPSA) is 70.4 Å². The van der Waals surface area contributed by atoms with E-state index in [-0.39, 0.29) is 0 Å². The van der Waals surface area contributed by atoms with E-state index < -0.39 is 12.2 Å². The summed E-state index contributed by atoms with van der Waals surface area (Å²) in [5.41, 5.74) is 0.839. The maximum atomic E-state index is 10.5. The van der Waals surface area contributed by atoms with Gasteiger partial charge in [0, 0.05) is 28.9 Å². The van der Waals surface area contributed by atoms with E-state index in [9.17, 15) is 15.0 Å². The van der Waals surface area contributed by atoms with Crippen molar-refractivity contribution in [1.29, 1.82) is 0 Å². The highest BCUT2D eigenvalue weighted by molar-refractivity contribution is 9.09. The van der Waals surface area contributed by atoms with Gasteiger partial charge in [-0.1, -0.05) is 15.9 Å². The first kappa shape index (κ1) is 12.3. The summed E-state index contributed by atoms with van der Waals surface area (Å²) in [6, 6.07) is 1.52. The molecule has 0 radical (unpaired) electrons. The molecule has 0 aliphatic heterocycles. The van der Waals surface area contributed by atoms with Gasteiger partial charge in [0.2, 0.25) is 0 Å². The summed E-state index contributed by atoms with van der Waals surface area (Å²) < 4.78 is 0. The first-order valence-corrected chi connectivity index (χ1v) is 5.63. The predicted octanol–water partition coefficient (Wildman–Crippen LogP) is 1.07. The van der Waals surface area contributed by atoms with Crippen LogP contribution in [0, 0.1) is 0 Å². The minimum absolute atomic E-state index is 0.387. The van der Waals surface area contributed by atoms with Crippen LogP contribution < -0.4 is 0 Å². The normalized spacial score (nSPS) is 14.6. The average molecular weight is 274 g/mol. The molecule has 0 spiro atoms. The highest BCUT2D eigenvalue weighted by Crippen LogP contribution is 2.19. The van der Waals surface area contributed by atoms with Crippen molar-refractivity contribution in [2.75, 3.05) is 5.33 Å². The molecule has 0 fully saturated rings. The average Bonchev–Trinajstić information content (AvgIpc) is 2.28. The van der Waals surface area contributed by atoms with Crippen molar-refractivity contribution < 1.29 is 15.0 Å². The van der Waals surface area contributed by atoms with E-state index in [1.165, 1.54) is 18.5 Å². The van der Waals surface area contributed by atoms with Gasteiger partial charge in [0.1, 0.15) is 6.10 Å². The largest absolute Gasteiger partial charge is 0.390 e. The van der Waals surface area contributed by atoms with Crippen LogP contribution in [0.25, 0.3) is 0 Å². The first-order valence-electron chi connectivity index (χ1n) is 4.51. The Morgan fingerprint density at radius 2 is 2.20 bits per heavy atom. The standard InChI is InChI=1S/C10H12BrNO3/c11-2-1-9(14)10(15)8-3-7(6-13)4-12-5-8/h3-6,9-10,14-15H,1-2H2. The fourth-order valence-electron chi connectivity index (χ4n) is 1.19. The number of pyridine rings is 1. The Labute approximate surface area is 96.1 Å². The summed E-state index contributed by atoms with van der Waals surface area (Å²) in [6.07, 6.45) is 2.07. The van der Waals surface area contributed by atoms with Crippen molar-refractivity contribution in [2.24, 2.45) is 0 Å². The van der Waals surface area contributed by atoms with E-state index in [2.05, 4.69) is 20.9 Å². The van der Waals surface area contributed by atoms with Crippen LogP contribution in [0.3, 0.4) is 0 Å². The molecule has 1 heterocycles. The van der Waals surface area contributed by atoms with E-state index >= 15 is 0 Å². The lowest BCUT2D eigenvalue weighted by molar-refractivity contribution is 0.0171. The summed E-state index contributed by atoms with van der Waals surface area (Å²) in [7, 11) is 0. The molecule has 5 heteroatoms. The van der Waals surface area contributed by atoms with E-state index in [0.717, 1.165) is 0 Å². The Morgan fingerprint density at radius 1 is 1.47 bits per heavy atom. The van der Waals surface area contributed by atoms with Crippen LogP contribution in [0.1, 0.15) is 28.4 Å². The lowest BCUT2D eigenvalue weighted by Gasteiger charge is -2.16. The molecule has 2 unspecified atom stereocenters. The molecule has 0 amide bonds. The van der Waals surface area contributed by atoms with Crippen molar-refractivity contribution >= 4 is 22.2 Å². The summed E-state index contributed by atoms with van der Waals surface area (Å²) >= 11 is 3.18. The molecule has 0 bridgehead atoms. The van der Waals surface area contributed by atoms with Crippen LogP contribution in [-0.4, -0.2) is 32.9 Å². The van der Waals surface area contributed by atoms with Crippen molar-refractivity contribution in [1.82, 2.24) is 4.98 Å². The molecule has 4 nitrogen and oxygen atoms in total. The minimum Gasteiger partial charge on any atom is -0.390 e. The van der Waals surface area contributed by atoms with Crippen LogP contribution >= 0.6 is 15.9 Å². The van der Waals surface area contributed by atoms with Crippen LogP contribution in [0.2, 0.25) is 0 Å². The summed E-state index contributed by atoms with van der Waals surface area (Å²) in [5, 5.41) is 19.9. The molecule has 1 rings (SSSR count). The second-order valence-corrected chi connectivity index (χ2v) is 3.95. The van der Waals surface area contributed by atoms with Crippen molar-refractivity contribution in [3.63, 3.8) is 0 Å². The molecule has 2 atom stereocenters. The fraction of sp³-hybridized carbons (Fsp3) is 0.400. The van der Waals surface area contributed by atoms with Crippen molar-refractivity contribution in [3.8, 4) is 0 Å². The Kier molecular flexibility index (Phi) is 4.87. The van der Waals surface area contributed by atoms with Crippen LogP contribution in [0.4, 0.5) is 0 Å². The second-order valence-electron chi connectivity index (χ2n) is 3.16. The maximum Gasteiger partial charge on any atom is 0.151 e. The molecule has 2 N–H and O–H groups in total. The van der Waals surface area contributed by atoms with Crippen LogP contribution in [-0.2, 0) is 0 Å². The Hall–Kier alpha value is -0.780. The minimum atomic E-state index is -1.00. The van der Waals surface area contributed by atoms with E-state index in [1.807, 2.05) is 0 Å². The van der Waals surface area contributed by atoms with Gasteiger partial charge in [-0.05, 0) is 12.5 Å². The number of carbonyl (C=O) groups excluding carboxylic acids is 1. The number of aldehydes is 1. The van der Waals surface area contributed by atoms with Crippen LogP contribution in [0.5, 0.6) is 0 Å². The van der Waals surface area contributed by atoms with Crippen LogP contribution in [0.15, 0.2) is 18.5 Å². The van der Waals surface area contributed by atoms with Gasteiger partial charge in [0.25, 0.3) is 0 Å². The van der Waals surface area contributed by atoms with E-state index in [0.29, 0.717) is 29.2 Å². The molecule has 0 saturated carbocycles. The Bertz CT molecular complexity index is 332. The molecule has 82 valence electrons. The molecule has 1 aromatic heterocycles. The van der Waals surface area contributed by atoms with Gasteiger partial charge < -0.3 is 10.2 Å². The summed E-state index contributed by atoms with van der Waals surface area (Å²) in [5.74, 6) is 0. The second kappa shape index (κ2) is 5.95. The Balaban J connectivity index is 2.80. The summed E-state index contributed by atoms with van der Waals surface area (Å²) in [4.78, 5) is 14.3. The third kappa shape index (κ3) is 3.37.